The molecule has 2 heteroatoms. The predicted molar refractivity (Wildman–Crippen MR) is 127 cm³/mol. The highest BCUT2D eigenvalue weighted by Gasteiger charge is 2.37. The van der Waals surface area contributed by atoms with Gasteiger partial charge in [0.1, 0.15) is 0 Å². The maximum absolute atomic E-state index is 12.0. The maximum atomic E-state index is 12.0. The van der Waals surface area contributed by atoms with Gasteiger partial charge in [-0.25, -0.2) is 4.79 Å². The summed E-state index contributed by atoms with van der Waals surface area (Å²) < 4.78 is 5.22. The molecule has 2 aromatic rings. The Labute approximate surface area is 182 Å². The lowest BCUT2D eigenvalue weighted by atomic mass is 9.62. The molecule has 0 atom stereocenters. The largest absolute Gasteiger partial charge is 0.462 e. The van der Waals surface area contributed by atoms with Crippen molar-refractivity contribution in [2.24, 2.45) is 0 Å². The number of rotatable bonds is 5. The Morgan fingerprint density at radius 1 is 1.00 bits per heavy atom. The lowest BCUT2D eigenvalue weighted by Crippen LogP contribution is -2.34. The van der Waals surface area contributed by atoms with Crippen molar-refractivity contribution in [2.45, 2.75) is 78.6 Å². The van der Waals surface area contributed by atoms with Crippen LogP contribution in [0.25, 0.3) is 11.6 Å². The number of allylic oxidation sites excluding steroid dienone is 1. The van der Waals surface area contributed by atoms with Crippen molar-refractivity contribution in [2.75, 3.05) is 6.61 Å². The first kappa shape index (κ1) is 22.3. The number of fused-ring (bicyclic) bond motifs is 1. The normalized spacial score (nSPS) is 17.4. The Morgan fingerprint density at radius 2 is 1.57 bits per heavy atom. The zero-order valence-electron chi connectivity index (χ0n) is 19.7. The summed E-state index contributed by atoms with van der Waals surface area (Å²) in [4.78, 5) is 12.0. The van der Waals surface area contributed by atoms with E-state index in [1.807, 2.05) is 31.2 Å². The molecule has 0 saturated carbocycles. The minimum absolute atomic E-state index is 0.202. The second-order valence-electron chi connectivity index (χ2n) is 10.1. The molecule has 3 rings (SSSR count). The highest BCUT2D eigenvalue weighted by atomic mass is 16.5. The average Bonchev–Trinajstić information content (AvgIpc) is 2.70. The molecule has 1 aliphatic carbocycles. The molecule has 0 heterocycles. The molecule has 0 spiro atoms. The van der Waals surface area contributed by atoms with E-state index in [2.05, 4.69) is 59.8 Å². The van der Waals surface area contributed by atoms with E-state index in [0.29, 0.717) is 12.2 Å². The van der Waals surface area contributed by atoms with Crippen molar-refractivity contribution in [3.8, 4) is 0 Å². The van der Waals surface area contributed by atoms with Gasteiger partial charge in [0.2, 0.25) is 0 Å². The molecule has 0 amide bonds. The summed E-state index contributed by atoms with van der Waals surface area (Å²) in [5.74, 6) is -0.250. The van der Waals surface area contributed by atoms with Crippen molar-refractivity contribution < 1.29 is 9.53 Å². The van der Waals surface area contributed by atoms with Crippen LogP contribution in [0.15, 0.2) is 36.4 Å². The van der Waals surface area contributed by atoms with Crippen LogP contribution in [0.4, 0.5) is 0 Å². The average molecular weight is 405 g/mol. The molecule has 0 unspecified atom stereocenters. The number of hydrogen-bond acceptors (Lipinski definition) is 2. The Bertz CT molecular complexity index is 959. The van der Waals surface area contributed by atoms with Crippen molar-refractivity contribution in [3.63, 3.8) is 0 Å². The summed E-state index contributed by atoms with van der Waals surface area (Å²) in [7, 11) is 0. The van der Waals surface area contributed by atoms with E-state index >= 15 is 0 Å². The van der Waals surface area contributed by atoms with Gasteiger partial charge in [0, 0.05) is 0 Å². The van der Waals surface area contributed by atoms with E-state index in [9.17, 15) is 4.79 Å². The second-order valence-corrected chi connectivity index (χ2v) is 10.1. The summed E-state index contributed by atoms with van der Waals surface area (Å²) >= 11 is 0. The zero-order chi connectivity index (χ0) is 22.1. The molecule has 0 radical (unpaired) electrons. The predicted octanol–water partition coefficient (Wildman–Crippen LogP) is 7.47. The molecule has 0 aromatic heterocycles. The smallest absolute Gasteiger partial charge is 0.338 e. The SMILES string of the molecule is CCCOC(=O)c1ccc(/C=C(\C)c2cc3c(cc2C)C(C)(C)CCC3(C)C)cc1. The van der Waals surface area contributed by atoms with E-state index in [1.165, 1.54) is 40.7 Å². The monoisotopic (exact) mass is 404 g/mol. The summed E-state index contributed by atoms with van der Waals surface area (Å²) in [5, 5.41) is 0. The summed E-state index contributed by atoms with van der Waals surface area (Å²) in [6, 6.07) is 12.5. The third-order valence-electron chi connectivity index (χ3n) is 6.59. The molecule has 1 aliphatic rings. The third-order valence-corrected chi connectivity index (χ3v) is 6.59. The fraction of sp³-hybridized carbons (Fsp3) is 0.464. The molecule has 0 fully saturated rings. The van der Waals surface area contributed by atoms with E-state index < -0.39 is 0 Å². The number of esters is 1. The van der Waals surface area contributed by atoms with Crippen molar-refractivity contribution >= 4 is 17.6 Å². The molecule has 160 valence electrons. The fourth-order valence-corrected chi connectivity index (χ4v) is 4.47. The lowest BCUT2D eigenvalue weighted by molar-refractivity contribution is 0.0505. The zero-order valence-corrected chi connectivity index (χ0v) is 19.7. The third kappa shape index (κ3) is 4.53. The fourth-order valence-electron chi connectivity index (χ4n) is 4.47. The maximum Gasteiger partial charge on any atom is 0.338 e. The number of carbonyl (C=O) groups is 1. The van der Waals surface area contributed by atoms with Gasteiger partial charge >= 0.3 is 5.97 Å². The van der Waals surface area contributed by atoms with Crippen LogP contribution < -0.4 is 0 Å². The Morgan fingerprint density at radius 3 is 2.13 bits per heavy atom. The first-order valence-corrected chi connectivity index (χ1v) is 11.2. The highest BCUT2D eigenvalue weighted by molar-refractivity contribution is 5.90. The van der Waals surface area contributed by atoms with Crippen LogP contribution in [-0.4, -0.2) is 12.6 Å². The van der Waals surface area contributed by atoms with Gasteiger partial charge in [-0.3, -0.25) is 0 Å². The summed E-state index contributed by atoms with van der Waals surface area (Å²) in [6.45, 7) is 16.3. The van der Waals surface area contributed by atoms with Gasteiger partial charge in [0.05, 0.1) is 12.2 Å². The standard InChI is InChI=1S/C28H36O2/c1-8-15-30-26(29)22-11-9-21(10-12-22)16-19(2)23-18-25-24(17-20(23)3)27(4,5)13-14-28(25,6)7/h9-12,16-18H,8,13-15H2,1-7H3/b19-16+. The van der Waals surface area contributed by atoms with Crippen molar-refractivity contribution in [3.05, 3.63) is 69.8 Å². The number of aryl methyl sites for hydroxylation is 1. The molecule has 2 nitrogen and oxygen atoms in total. The van der Waals surface area contributed by atoms with Crippen LogP contribution in [0, 0.1) is 6.92 Å². The van der Waals surface area contributed by atoms with Crippen molar-refractivity contribution in [1.82, 2.24) is 0 Å². The van der Waals surface area contributed by atoms with Crippen LogP contribution in [0.2, 0.25) is 0 Å². The Kier molecular flexibility index (Phi) is 6.26. The minimum atomic E-state index is -0.250. The molecule has 2 aromatic carbocycles. The molecule has 0 aliphatic heterocycles. The Balaban J connectivity index is 1.93. The molecule has 0 saturated heterocycles. The Hall–Kier alpha value is -2.35. The first-order valence-electron chi connectivity index (χ1n) is 11.2. The van der Waals surface area contributed by atoms with Gasteiger partial charge in [-0.15, -0.1) is 0 Å². The van der Waals surface area contributed by atoms with Gasteiger partial charge in [-0.2, -0.15) is 0 Å². The summed E-state index contributed by atoms with van der Waals surface area (Å²) in [6.07, 6.45) is 5.48. The molecule has 30 heavy (non-hydrogen) atoms. The van der Waals surface area contributed by atoms with Gasteiger partial charge in [-0.1, -0.05) is 65.0 Å². The van der Waals surface area contributed by atoms with Crippen LogP contribution in [0.3, 0.4) is 0 Å². The van der Waals surface area contributed by atoms with E-state index in [1.54, 1.807) is 0 Å². The highest BCUT2D eigenvalue weighted by Crippen LogP contribution is 2.47. The van der Waals surface area contributed by atoms with Crippen LogP contribution in [-0.2, 0) is 15.6 Å². The number of benzene rings is 2. The van der Waals surface area contributed by atoms with Gasteiger partial charge < -0.3 is 4.74 Å². The van der Waals surface area contributed by atoms with Crippen LogP contribution in [0.5, 0.6) is 0 Å². The molecule has 0 bridgehead atoms. The number of hydrogen-bond donors (Lipinski definition) is 0. The second kappa shape index (κ2) is 8.41. The summed E-state index contributed by atoms with van der Waals surface area (Å²) in [5.41, 5.74) is 9.00. The van der Waals surface area contributed by atoms with Gasteiger partial charge in [0.15, 0.2) is 0 Å². The van der Waals surface area contributed by atoms with Gasteiger partial charge in [-0.05, 0) is 89.5 Å². The van der Waals surface area contributed by atoms with Gasteiger partial charge in [0.25, 0.3) is 0 Å². The molecular weight excluding hydrogens is 368 g/mol. The molecule has 0 N–H and O–H groups in total. The first-order chi connectivity index (χ1) is 14.0. The van der Waals surface area contributed by atoms with E-state index in [4.69, 9.17) is 4.74 Å². The topological polar surface area (TPSA) is 26.3 Å². The van der Waals surface area contributed by atoms with E-state index in [-0.39, 0.29) is 16.8 Å². The molecular formula is C28H36O2. The lowest BCUT2D eigenvalue weighted by Gasteiger charge is -2.42. The van der Waals surface area contributed by atoms with Crippen molar-refractivity contribution in [1.29, 1.82) is 0 Å². The number of carbonyl (C=O) groups excluding carboxylic acids is 1. The minimum Gasteiger partial charge on any atom is -0.462 e. The van der Waals surface area contributed by atoms with Crippen LogP contribution in [0.1, 0.15) is 99.0 Å². The van der Waals surface area contributed by atoms with E-state index in [0.717, 1.165) is 12.0 Å². The number of ether oxygens (including phenoxy) is 1. The van der Waals surface area contributed by atoms with Crippen LogP contribution >= 0.6 is 0 Å². The quantitative estimate of drug-likeness (QED) is 0.381.